The first kappa shape index (κ1) is 18.6. The van der Waals surface area contributed by atoms with Gasteiger partial charge < -0.3 is 5.32 Å². The number of nitrogens with one attached hydrogen (secondary N) is 1. The molecule has 24 heavy (non-hydrogen) atoms. The average molecular weight is 367 g/mol. The van der Waals surface area contributed by atoms with Crippen molar-refractivity contribution in [1.82, 2.24) is 10.3 Å². The van der Waals surface area contributed by atoms with Gasteiger partial charge >= 0.3 is 0 Å². The van der Waals surface area contributed by atoms with E-state index in [1.54, 1.807) is 19.2 Å². The van der Waals surface area contributed by atoms with Gasteiger partial charge in [-0.3, -0.25) is 4.79 Å². The number of rotatable bonds is 6. The number of amides is 1. The Morgan fingerprint density at radius 3 is 2.67 bits per heavy atom. The standard InChI is InChI=1S/C17H22N2O3S2/c1-5-24(21,22)10-13(4)18-16(20)15-9-23-17(19-15)14-7-6-11(2)8-12(14)3/h6-9,13H,5,10H2,1-4H3,(H,18,20)/t13-/m0/s1. The first-order valence-electron chi connectivity index (χ1n) is 7.76. The molecule has 0 spiro atoms. The Morgan fingerprint density at radius 2 is 2.04 bits per heavy atom. The van der Waals surface area contributed by atoms with E-state index in [1.165, 1.54) is 16.9 Å². The van der Waals surface area contributed by atoms with Crippen molar-refractivity contribution in [3.8, 4) is 10.6 Å². The zero-order chi connectivity index (χ0) is 17.9. The molecule has 0 aliphatic carbocycles. The smallest absolute Gasteiger partial charge is 0.271 e. The van der Waals surface area contributed by atoms with Gasteiger partial charge in [-0.15, -0.1) is 11.3 Å². The third kappa shape index (κ3) is 4.64. The highest BCUT2D eigenvalue weighted by Gasteiger charge is 2.18. The van der Waals surface area contributed by atoms with Gasteiger partial charge in [0.25, 0.3) is 5.91 Å². The van der Waals surface area contributed by atoms with Crippen molar-refractivity contribution in [2.75, 3.05) is 11.5 Å². The molecule has 0 fully saturated rings. The van der Waals surface area contributed by atoms with E-state index in [-0.39, 0.29) is 17.4 Å². The van der Waals surface area contributed by atoms with Crippen molar-refractivity contribution < 1.29 is 13.2 Å². The molecule has 0 saturated carbocycles. The molecular formula is C17H22N2O3S2. The summed E-state index contributed by atoms with van der Waals surface area (Å²) in [6, 6.07) is 5.64. The van der Waals surface area contributed by atoms with Crippen molar-refractivity contribution in [2.45, 2.75) is 33.7 Å². The maximum absolute atomic E-state index is 12.3. The van der Waals surface area contributed by atoms with E-state index in [9.17, 15) is 13.2 Å². The van der Waals surface area contributed by atoms with Crippen LogP contribution in [0.1, 0.15) is 35.5 Å². The van der Waals surface area contributed by atoms with Gasteiger partial charge in [-0.2, -0.15) is 0 Å². The molecule has 7 heteroatoms. The van der Waals surface area contributed by atoms with Crippen LogP contribution in [0.5, 0.6) is 0 Å². The van der Waals surface area contributed by atoms with E-state index in [0.29, 0.717) is 5.69 Å². The van der Waals surface area contributed by atoms with Crippen molar-refractivity contribution in [1.29, 1.82) is 0 Å². The lowest BCUT2D eigenvalue weighted by molar-refractivity contribution is 0.0939. The number of nitrogens with zero attached hydrogens (tertiary/aromatic N) is 1. The summed E-state index contributed by atoms with van der Waals surface area (Å²) in [6.07, 6.45) is 0. The normalized spacial score (nSPS) is 12.8. The fourth-order valence-corrected chi connectivity index (χ4v) is 4.36. The van der Waals surface area contributed by atoms with Crippen LogP contribution in [0.25, 0.3) is 10.6 Å². The van der Waals surface area contributed by atoms with E-state index in [0.717, 1.165) is 16.1 Å². The molecule has 1 atom stereocenters. The minimum Gasteiger partial charge on any atom is -0.347 e. The third-order valence-electron chi connectivity index (χ3n) is 3.67. The quantitative estimate of drug-likeness (QED) is 0.853. The van der Waals surface area contributed by atoms with Crippen molar-refractivity contribution in [3.05, 3.63) is 40.4 Å². The van der Waals surface area contributed by atoms with E-state index in [4.69, 9.17) is 0 Å². The van der Waals surface area contributed by atoms with Gasteiger partial charge in [0.1, 0.15) is 10.7 Å². The Hall–Kier alpha value is -1.73. The Labute approximate surface area is 147 Å². The summed E-state index contributed by atoms with van der Waals surface area (Å²) in [5.41, 5.74) is 3.61. The fourth-order valence-electron chi connectivity index (χ4n) is 2.39. The first-order valence-corrected chi connectivity index (χ1v) is 10.5. The molecule has 0 bridgehead atoms. The average Bonchev–Trinajstić information content (AvgIpc) is 2.96. The van der Waals surface area contributed by atoms with E-state index < -0.39 is 15.9 Å². The summed E-state index contributed by atoms with van der Waals surface area (Å²) >= 11 is 1.41. The highest BCUT2D eigenvalue weighted by atomic mass is 32.2. The van der Waals surface area contributed by atoms with Crippen LogP contribution < -0.4 is 5.32 Å². The lowest BCUT2D eigenvalue weighted by Crippen LogP contribution is -2.38. The largest absolute Gasteiger partial charge is 0.347 e. The molecule has 2 rings (SSSR count). The van der Waals surface area contributed by atoms with Gasteiger partial charge in [0.15, 0.2) is 9.84 Å². The SMILES string of the molecule is CCS(=O)(=O)C[C@H](C)NC(=O)c1csc(-c2ccc(C)cc2C)n1. The molecule has 1 N–H and O–H groups in total. The Kier molecular flexibility index (Phi) is 5.77. The molecule has 1 aromatic carbocycles. The molecule has 1 amide bonds. The number of hydrogen-bond donors (Lipinski definition) is 1. The topological polar surface area (TPSA) is 76.1 Å². The van der Waals surface area contributed by atoms with Gasteiger partial charge in [0.05, 0.1) is 5.75 Å². The molecule has 1 aromatic heterocycles. The predicted molar refractivity (Wildman–Crippen MR) is 98.3 cm³/mol. The monoisotopic (exact) mass is 366 g/mol. The van der Waals surface area contributed by atoms with Crippen LogP contribution in [0.3, 0.4) is 0 Å². The molecule has 0 radical (unpaired) electrons. The summed E-state index contributed by atoms with van der Waals surface area (Å²) < 4.78 is 23.2. The molecule has 0 saturated heterocycles. The lowest BCUT2D eigenvalue weighted by atomic mass is 10.1. The van der Waals surface area contributed by atoms with Crippen LogP contribution in [0.15, 0.2) is 23.6 Å². The summed E-state index contributed by atoms with van der Waals surface area (Å²) in [6.45, 7) is 7.33. The summed E-state index contributed by atoms with van der Waals surface area (Å²) in [5.74, 6) is -0.342. The fraction of sp³-hybridized carbons (Fsp3) is 0.412. The minimum atomic E-state index is -3.13. The van der Waals surface area contributed by atoms with Crippen molar-refractivity contribution in [2.24, 2.45) is 0 Å². The zero-order valence-corrected chi connectivity index (χ0v) is 15.9. The molecule has 0 unspecified atom stereocenters. The lowest BCUT2D eigenvalue weighted by Gasteiger charge is -2.12. The second kappa shape index (κ2) is 7.44. The number of aromatic nitrogens is 1. The Morgan fingerprint density at radius 1 is 1.33 bits per heavy atom. The minimum absolute atomic E-state index is 0.0662. The van der Waals surface area contributed by atoms with Gasteiger partial charge in [-0.05, 0) is 26.3 Å². The van der Waals surface area contributed by atoms with Gasteiger partial charge in [0.2, 0.25) is 0 Å². The van der Waals surface area contributed by atoms with Gasteiger partial charge in [-0.1, -0.05) is 30.7 Å². The van der Waals surface area contributed by atoms with Crippen LogP contribution in [-0.4, -0.2) is 36.9 Å². The molecule has 5 nitrogen and oxygen atoms in total. The van der Waals surface area contributed by atoms with E-state index in [1.807, 2.05) is 26.0 Å². The van der Waals surface area contributed by atoms with Crippen molar-refractivity contribution >= 4 is 27.1 Å². The maximum atomic E-state index is 12.3. The van der Waals surface area contributed by atoms with Gasteiger partial charge in [0, 0.05) is 22.7 Å². The molecule has 0 aliphatic heterocycles. The zero-order valence-electron chi connectivity index (χ0n) is 14.3. The van der Waals surface area contributed by atoms with Crippen LogP contribution in [-0.2, 0) is 9.84 Å². The second-order valence-electron chi connectivity index (χ2n) is 5.93. The summed E-state index contributed by atoms with van der Waals surface area (Å²) in [7, 11) is -3.13. The molecule has 1 heterocycles. The summed E-state index contributed by atoms with van der Waals surface area (Å²) in [4.78, 5) is 16.6. The number of sulfone groups is 1. The van der Waals surface area contributed by atoms with Crippen LogP contribution in [0.4, 0.5) is 0 Å². The summed E-state index contributed by atoms with van der Waals surface area (Å²) in [5, 5.41) is 5.18. The van der Waals surface area contributed by atoms with E-state index >= 15 is 0 Å². The van der Waals surface area contributed by atoms with Crippen LogP contribution in [0.2, 0.25) is 0 Å². The third-order valence-corrected chi connectivity index (χ3v) is 6.43. The highest BCUT2D eigenvalue weighted by molar-refractivity contribution is 7.91. The van der Waals surface area contributed by atoms with Crippen molar-refractivity contribution in [3.63, 3.8) is 0 Å². The molecule has 2 aromatic rings. The molecule has 0 aliphatic rings. The second-order valence-corrected chi connectivity index (χ2v) is 9.19. The number of aryl methyl sites for hydroxylation is 2. The highest BCUT2D eigenvalue weighted by Crippen LogP contribution is 2.27. The number of thiazole rings is 1. The molecular weight excluding hydrogens is 344 g/mol. The van der Waals surface area contributed by atoms with Crippen LogP contribution >= 0.6 is 11.3 Å². The first-order chi connectivity index (χ1) is 11.2. The predicted octanol–water partition coefficient (Wildman–Crippen LogP) is 2.98. The number of hydrogen-bond acceptors (Lipinski definition) is 5. The maximum Gasteiger partial charge on any atom is 0.271 e. The molecule has 130 valence electrons. The van der Waals surface area contributed by atoms with Gasteiger partial charge in [-0.25, -0.2) is 13.4 Å². The Balaban J connectivity index is 2.11. The van der Waals surface area contributed by atoms with E-state index in [2.05, 4.69) is 16.4 Å². The number of carbonyl (C=O) groups excluding carboxylic acids is 1. The van der Waals surface area contributed by atoms with Crippen LogP contribution in [0, 0.1) is 13.8 Å². The number of benzene rings is 1. The number of carbonyl (C=O) groups is 1. The Bertz CT molecular complexity index is 841.